The molecule has 6 heteroatoms. The van der Waals surface area contributed by atoms with Gasteiger partial charge in [-0.15, -0.1) is 0 Å². The lowest BCUT2D eigenvalue weighted by Gasteiger charge is -2.40. The summed E-state index contributed by atoms with van der Waals surface area (Å²) < 4.78 is 5.91. The molecule has 166 valence electrons. The van der Waals surface area contributed by atoms with Crippen molar-refractivity contribution in [3.63, 3.8) is 0 Å². The number of aromatic nitrogens is 1. The van der Waals surface area contributed by atoms with Crippen LogP contribution in [0.25, 0.3) is 0 Å². The van der Waals surface area contributed by atoms with Gasteiger partial charge in [-0.3, -0.25) is 14.6 Å². The van der Waals surface area contributed by atoms with E-state index in [0.29, 0.717) is 35.6 Å². The summed E-state index contributed by atoms with van der Waals surface area (Å²) in [6.07, 6.45) is 4.45. The lowest BCUT2D eigenvalue weighted by molar-refractivity contribution is -0.118. The topological polar surface area (TPSA) is 80.3 Å². The fraction of sp³-hybridized carbons (Fsp3) is 0.346. The summed E-state index contributed by atoms with van der Waals surface area (Å²) in [6, 6.07) is 11.2. The predicted octanol–water partition coefficient (Wildman–Crippen LogP) is 4.72. The molecule has 0 fully saturated rings. The molecule has 1 aromatic carbocycles. The van der Waals surface area contributed by atoms with Crippen molar-refractivity contribution in [2.45, 2.75) is 46.5 Å². The molecule has 1 aliphatic carbocycles. The molecule has 0 saturated heterocycles. The molecule has 32 heavy (non-hydrogen) atoms. The van der Waals surface area contributed by atoms with Gasteiger partial charge < -0.3 is 15.4 Å². The van der Waals surface area contributed by atoms with E-state index in [1.807, 2.05) is 38.1 Å². The van der Waals surface area contributed by atoms with Gasteiger partial charge in [-0.2, -0.15) is 0 Å². The average Bonchev–Trinajstić information content (AvgIpc) is 2.73. The van der Waals surface area contributed by atoms with E-state index in [1.54, 1.807) is 24.5 Å². The van der Waals surface area contributed by atoms with E-state index in [4.69, 9.17) is 4.74 Å². The quantitative estimate of drug-likeness (QED) is 0.716. The van der Waals surface area contributed by atoms with Gasteiger partial charge >= 0.3 is 0 Å². The first-order valence-electron chi connectivity index (χ1n) is 11.0. The van der Waals surface area contributed by atoms with Gasteiger partial charge in [-0.05, 0) is 43.9 Å². The van der Waals surface area contributed by atoms with Crippen molar-refractivity contribution >= 4 is 17.4 Å². The van der Waals surface area contributed by atoms with Crippen LogP contribution in [0.5, 0.6) is 5.75 Å². The molecular formula is C26H29N3O3. The zero-order valence-electron chi connectivity index (χ0n) is 19.0. The van der Waals surface area contributed by atoms with Crippen molar-refractivity contribution in [3.8, 4) is 5.75 Å². The summed E-state index contributed by atoms with van der Waals surface area (Å²) in [6.45, 7) is 8.51. The van der Waals surface area contributed by atoms with Crippen LogP contribution in [0, 0.1) is 5.41 Å². The van der Waals surface area contributed by atoms with Gasteiger partial charge in [-0.1, -0.05) is 32.0 Å². The zero-order valence-corrected chi connectivity index (χ0v) is 19.0. The molecule has 2 aliphatic rings. The number of nitrogens with zero attached hydrogens (tertiary/aromatic N) is 1. The number of benzene rings is 1. The maximum atomic E-state index is 13.5. The monoisotopic (exact) mass is 431 g/mol. The Labute approximate surface area is 188 Å². The second-order valence-electron chi connectivity index (χ2n) is 9.10. The van der Waals surface area contributed by atoms with Crippen LogP contribution in [0.4, 0.5) is 5.69 Å². The van der Waals surface area contributed by atoms with Crippen molar-refractivity contribution in [1.29, 1.82) is 0 Å². The second-order valence-corrected chi connectivity index (χ2v) is 9.10. The summed E-state index contributed by atoms with van der Waals surface area (Å²) in [5, 5.41) is 6.34. The van der Waals surface area contributed by atoms with Gasteiger partial charge in [0.2, 0.25) is 0 Å². The van der Waals surface area contributed by atoms with Crippen molar-refractivity contribution in [2.75, 3.05) is 11.9 Å². The molecule has 0 bridgehead atoms. The molecule has 0 saturated carbocycles. The number of dihydropyridines is 1. The predicted molar refractivity (Wildman–Crippen MR) is 124 cm³/mol. The van der Waals surface area contributed by atoms with Gasteiger partial charge in [0.25, 0.3) is 5.91 Å². The fourth-order valence-electron chi connectivity index (χ4n) is 4.69. The summed E-state index contributed by atoms with van der Waals surface area (Å²) >= 11 is 0. The Morgan fingerprint density at radius 1 is 1.22 bits per heavy atom. The molecule has 6 nitrogen and oxygen atoms in total. The number of rotatable bonds is 5. The average molecular weight is 432 g/mol. The molecular weight excluding hydrogens is 402 g/mol. The summed E-state index contributed by atoms with van der Waals surface area (Å²) in [5.74, 6) is -0.0113. The highest BCUT2D eigenvalue weighted by atomic mass is 16.5. The third-order valence-electron chi connectivity index (χ3n) is 5.93. The minimum absolute atomic E-state index is 0.0687. The standard InChI is InChI=1S/C26H29N3O3/c1-5-32-21-11-7-6-10-18(21)23-22(25(31)29-17-9-8-12-27-15-17)16(2)28-19-13-26(3,4)14-20(30)24(19)23/h6-12,15,23,28H,5,13-14H2,1-4H3,(H,29,31). The maximum Gasteiger partial charge on any atom is 0.254 e. The number of amides is 1. The van der Waals surface area contributed by atoms with Gasteiger partial charge in [0.1, 0.15) is 5.75 Å². The van der Waals surface area contributed by atoms with Gasteiger partial charge in [0.15, 0.2) is 5.78 Å². The number of nitrogens with one attached hydrogen (secondary N) is 2. The Hall–Kier alpha value is -3.41. The number of anilines is 1. The number of pyridine rings is 1. The third-order valence-corrected chi connectivity index (χ3v) is 5.93. The Balaban J connectivity index is 1.85. The van der Waals surface area contributed by atoms with Crippen LogP contribution >= 0.6 is 0 Å². The van der Waals surface area contributed by atoms with Gasteiger partial charge in [-0.25, -0.2) is 0 Å². The molecule has 1 amide bonds. The third kappa shape index (κ3) is 4.17. The summed E-state index contributed by atoms with van der Waals surface area (Å²) in [7, 11) is 0. The van der Waals surface area contributed by atoms with Crippen LogP contribution in [0.2, 0.25) is 0 Å². The van der Waals surface area contributed by atoms with Crippen LogP contribution < -0.4 is 15.4 Å². The van der Waals surface area contributed by atoms with Crippen LogP contribution in [0.3, 0.4) is 0 Å². The summed E-state index contributed by atoms with van der Waals surface area (Å²) in [5.41, 5.74) is 4.12. The number of hydrogen-bond donors (Lipinski definition) is 2. The SMILES string of the molecule is CCOc1ccccc1C1C(C(=O)Nc2cccnc2)=C(C)NC2=C1C(=O)CC(C)(C)C2. The highest BCUT2D eigenvalue weighted by molar-refractivity contribution is 6.10. The van der Waals surface area contributed by atoms with E-state index in [2.05, 4.69) is 29.5 Å². The molecule has 1 atom stereocenters. The molecule has 2 N–H and O–H groups in total. The lowest BCUT2D eigenvalue weighted by Crippen LogP contribution is -2.39. The molecule has 0 spiro atoms. The zero-order chi connectivity index (χ0) is 22.9. The second kappa shape index (κ2) is 8.61. The van der Waals surface area contributed by atoms with Crippen LogP contribution in [0.1, 0.15) is 52.0 Å². The highest BCUT2D eigenvalue weighted by Crippen LogP contribution is 2.48. The summed E-state index contributed by atoms with van der Waals surface area (Å²) in [4.78, 5) is 31.0. The van der Waals surface area contributed by atoms with Crippen LogP contribution in [0.15, 0.2) is 71.3 Å². The number of hydrogen-bond acceptors (Lipinski definition) is 5. The Bertz CT molecular complexity index is 1120. The van der Waals surface area contributed by atoms with E-state index in [1.165, 1.54) is 0 Å². The lowest BCUT2D eigenvalue weighted by atomic mass is 9.68. The number of carbonyl (C=O) groups is 2. The number of ketones is 1. The molecule has 1 aromatic heterocycles. The number of para-hydroxylation sites is 1. The molecule has 2 aromatic rings. The first-order valence-corrected chi connectivity index (χ1v) is 11.0. The number of ether oxygens (including phenoxy) is 1. The Morgan fingerprint density at radius 2 is 2.00 bits per heavy atom. The largest absolute Gasteiger partial charge is 0.494 e. The smallest absolute Gasteiger partial charge is 0.254 e. The highest BCUT2D eigenvalue weighted by Gasteiger charge is 2.43. The molecule has 2 heterocycles. The maximum absolute atomic E-state index is 13.5. The van der Waals surface area contributed by atoms with Crippen molar-refractivity contribution in [1.82, 2.24) is 10.3 Å². The van der Waals surface area contributed by atoms with Crippen LogP contribution in [-0.2, 0) is 9.59 Å². The van der Waals surface area contributed by atoms with Crippen LogP contribution in [-0.4, -0.2) is 23.3 Å². The van der Waals surface area contributed by atoms with E-state index in [0.717, 1.165) is 23.4 Å². The Kier molecular flexibility index (Phi) is 5.87. The molecule has 1 aliphatic heterocycles. The fourth-order valence-corrected chi connectivity index (χ4v) is 4.69. The number of carbonyl (C=O) groups excluding carboxylic acids is 2. The van der Waals surface area contributed by atoms with E-state index in [9.17, 15) is 9.59 Å². The minimum atomic E-state index is -0.505. The minimum Gasteiger partial charge on any atom is -0.494 e. The molecule has 4 rings (SSSR count). The molecule has 0 radical (unpaired) electrons. The normalized spacial score (nSPS) is 19.9. The van der Waals surface area contributed by atoms with E-state index < -0.39 is 5.92 Å². The van der Waals surface area contributed by atoms with Crippen molar-refractivity contribution in [2.24, 2.45) is 5.41 Å². The van der Waals surface area contributed by atoms with Crippen molar-refractivity contribution < 1.29 is 14.3 Å². The first kappa shape index (κ1) is 21.8. The number of Topliss-reactive ketones (excluding diaryl/α,β-unsaturated/α-hetero) is 1. The molecule has 1 unspecified atom stereocenters. The van der Waals surface area contributed by atoms with E-state index in [-0.39, 0.29) is 17.1 Å². The first-order chi connectivity index (χ1) is 15.3. The van der Waals surface area contributed by atoms with Gasteiger partial charge in [0, 0.05) is 40.7 Å². The Morgan fingerprint density at radius 3 is 2.72 bits per heavy atom. The van der Waals surface area contributed by atoms with Crippen molar-refractivity contribution in [3.05, 3.63) is 76.9 Å². The number of allylic oxidation sites excluding steroid dienone is 3. The van der Waals surface area contributed by atoms with E-state index >= 15 is 0 Å². The van der Waals surface area contributed by atoms with Gasteiger partial charge in [0.05, 0.1) is 24.4 Å².